The molecule has 5 aromatic rings. The lowest BCUT2D eigenvalue weighted by atomic mass is 9.96. The first kappa shape index (κ1) is 27.5. The van der Waals surface area contributed by atoms with Crippen molar-refractivity contribution in [3.8, 4) is 0 Å². The molecule has 11 heteroatoms. The number of hydrogen-bond acceptors (Lipinski definition) is 8. The van der Waals surface area contributed by atoms with Gasteiger partial charge in [-0.3, -0.25) is 14.3 Å². The van der Waals surface area contributed by atoms with Crippen molar-refractivity contribution in [2.24, 2.45) is 4.99 Å². The Morgan fingerprint density at radius 1 is 1.15 bits per heavy atom. The lowest BCUT2D eigenvalue weighted by molar-refractivity contribution is -0.139. The molecular formula is C30H21Cl2N3O4S2. The third kappa shape index (κ3) is 5.15. The fourth-order valence-corrected chi connectivity index (χ4v) is 7.02. The largest absolute Gasteiger partial charge is 0.463 e. The van der Waals surface area contributed by atoms with Gasteiger partial charge in [-0.1, -0.05) is 64.9 Å². The molecule has 0 aliphatic carbocycles. The Bertz CT molecular complexity index is 2040. The molecule has 6 rings (SSSR count). The summed E-state index contributed by atoms with van der Waals surface area (Å²) in [5.41, 5.74) is 1.73. The Balaban J connectivity index is 1.43. The molecule has 0 radical (unpaired) electrons. The second kappa shape index (κ2) is 11.3. The van der Waals surface area contributed by atoms with Crippen LogP contribution in [0.5, 0.6) is 0 Å². The topological polar surface area (TPSA) is 86.7 Å². The zero-order valence-corrected chi connectivity index (χ0v) is 24.9. The number of fused-ring (bicyclic) bond motifs is 2. The number of hydrogen-bond donors (Lipinski definition) is 0. The van der Waals surface area contributed by atoms with E-state index in [0.717, 1.165) is 15.8 Å². The quantitative estimate of drug-likeness (QED) is 0.204. The maximum Gasteiger partial charge on any atom is 0.338 e. The number of halogens is 2. The summed E-state index contributed by atoms with van der Waals surface area (Å²) in [6.45, 7) is 3.60. The SMILES string of the molecule is CCOC(=O)C1=C(C)N=c2s/c(=C\c3ccc(Sc4cccc5cccnc45)o3)c(=O)n2[C@@H]1c1cccc(Cl)c1Cl. The summed E-state index contributed by atoms with van der Waals surface area (Å²) in [5.74, 6) is -0.0654. The maximum atomic E-state index is 13.9. The van der Waals surface area contributed by atoms with E-state index in [1.165, 1.54) is 27.7 Å². The van der Waals surface area contributed by atoms with Gasteiger partial charge in [-0.2, -0.15) is 0 Å². The highest BCUT2D eigenvalue weighted by molar-refractivity contribution is 7.99. The first-order chi connectivity index (χ1) is 19.9. The number of nitrogens with zero attached hydrogens (tertiary/aromatic N) is 3. The molecule has 1 aliphatic rings. The molecule has 0 amide bonds. The van der Waals surface area contributed by atoms with Gasteiger partial charge in [0, 0.05) is 28.1 Å². The summed E-state index contributed by atoms with van der Waals surface area (Å²) in [6, 6.07) is 17.8. The number of pyridine rings is 1. The van der Waals surface area contributed by atoms with Crippen molar-refractivity contribution >= 4 is 69.2 Å². The number of benzene rings is 2. The van der Waals surface area contributed by atoms with E-state index in [1.54, 1.807) is 50.4 Å². The molecule has 3 aromatic heterocycles. The Morgan fingerprint density at radius 3 is 2.78 bits per heavy atom. The molecule has 1 atom stereocenters. The molecular weight excluding hydrogens is 601 g/mol. The zero-order valence-electron chi connectivity index (χ0n) is 21.8. The number of aromatic nitrogens is 2. The average Bonchev–Trinajstić information content (AvgIpc) is 3.53. The minimum atomic E-state index is -0.861. The second-order valence-electron chi connectivity index (χ2n) is 9.04. The van der Waals surface area contributed by atoms with Gasteiger partial charge in [0.25, 0.3) is 5.56 Å². The smallest absolute Gasteiger partial charge is 0.338 e. The van der Waals surface area contributed by atoms with Crippen molar-refractivity contribution in [1.29, 1.82) is 0 Å². The van der Waals surface area contributed by atoms with Crippen LogP contribution in [-0.2, 0) is 9.53 Å². The predicted molar refractivity (Wildman–Crippen MR) is 161 cm³/mol. The number of rotatable bonds is 6. The van der Waals surface area contributed by atoms with Gasteiger partial charge in [0.05, 0.1) is 38.0 Å². The number of esters is 1. The third-order valence-corrected chi connectivity index (χ3v) is 9.26. The van der Waals surface area contributed by atoms with Gasteiger partial charge < -0.3 is 9.15 Å². The molecule has 2 aromatic carbocycles. The van der Waals surface area contributed by atoms with Gasteiger partial charge in [-0.25, -0.2) is 9.79 Å². The number of allylic oxidation sites excluding steroid dienone is 1. The number of furan rings is 1. The van der Waals surface area contributed by atoms with Crippen LogP contribution < -0.4 is 14.9 Å². The van der Waals surface area contributed by atoms with E-state index >= 15 is 0 Å². The molecule has 0 spiro atoms. The van der Waals surface area contributed by atoms with Crippen molar-refractivity contribution in [1.82, 2.24) is 9.55 Å². The van der Waals surface area contributed by atoms with E-state index in [1.807, 2.05) is 36.4 Å². The molecule has 0 unspecified atom stereocenters. The number of carbonyl (C=O) groups excluding carboxylic acids is 1. The summed E-state index contributed by atoms with van der Waals surface area (Å²) >= 11 is 15.6. The molecule has 41 heavy (non-hydrogen) atoms. The highest BCUT2D eigenvalue weighted by Gasteiger charge is 2.35. The Labute approximate surface area is 252 Å². The van der Waals surface area contributed by atoms with Crippen LogP contribution in [0.15, 0.2) is 102 Å². The summed E-state index contributed by atoms with van der Waals surface area (Å²) < 4.78 is 13.3. The summed E-state index contributed by atoms with van der Waals surface area (Å²) in [4.78, 5) is 37.4. The highest BCUT2D eigenvalue weighted by atomic mass is 35.5. The Kier molecular flexibility index (Phi) is 7.61. The lowest BCUT2D eigenvalue weighted by Gasteiger charge is -2.25. The Morgan fingerprint density at radius 2 is 1.95 bits per heavy atom. The van der Waals surface area contributed by atoms with Crippen LogP contribution in [0.1, 0.15) is 31.2 Å². The van der Waals surface area contributed by atoms with Gasteiger partial charge in [0.15, 0.2) is 9.89 Å². The van der Waals surface area contributed by atoms with E-state index < -0.39 is 12.0 Å². The number of carbonyl (C=O) groups is 1. The number of para-hydroxylation sites is 1. The van der Waals surface area contributed by atoms with Gasteiger partial charge in [0.1, 0.15) is 11.8 Å². The van der Waals surface area contributed by atoms with E-state index in [0.29, 0.717) is 36.5 Å². The van der Waals surface area contributed by atoms with Crippen molar-refractivity contribution in [3.63, 3.8) is 0 Å². The Hall–Kier alpha value is -3.63. The van der Waals surface area contributed by atoms with E-state index in [-0.39, 0.29) is 22.8 Å². The molecule has 0 fully saturated rings. The van der Waals surface area contributed by atoms with Crippen LogP contribution in [0.25, 0.3) is 17.0 Å². The highest BCUT2D eigenvalue weighted by Crippen LogP contribution is 2.38. The van der Waals surface area contributed by atoms with E-state index in [9.17, 15) is 9.59 Å². The molecule has 0 N–H and O–H groups in total. The van der Waals surface area contributed by atoms with Crippen LogP contribution >= 0.6 is 46.3 Å². The molecule has 1 aliphatic heterocycles. The fraction of sp³-hybridized carbons (Fsp3) is 0.133. The van der Waals surface area contributed by atoms with Gasteiger partial charge in [0.2, 0.25) is 0 Å². The minimum absolute atomic E-state index is 0.170. The lowest BCUT2D eigenvalue weighted by Crippen LogP contribution is -2.40. The van der Waals surface area contributed by atoms with Crippen molar-refractivity contribution in [2.45, 2.75) is 29.9 Å². The third-order valence-electron chi connectivity index (χ3n) is 6.47. The van der Waals surface area contributed by atoms with E-state index in [2.05, 4.69) is 9.98 Å². The fourth-order valence-electron chi connectivity index (χ4n) is 4.68. The van der Waals surface area contributed by atoms with Crippen molar-refractivity contribution in [3.05, 3.63) is 119 Å². The summed E-state index contributed by atoms with van der Waals surface area (Å²) in [6.07, 6.45) is 3.44. The normalized spacial score (nSPS) is 15.2. The molecule has 206 valence electrons. The van der Waals surface area contributed by atoms with Crippen LogP contribution in [-0.4, -0.2) is 22.1 Å². The monoisotopic (exact) mass is 621 g/mol. The first-order valence-electron chi connectivity index (χ1n) is 12.6. The molecule has 4 heterocycles. The van der Waals surface area contributed by atoms with Gasteiger partial charge >= 0.3 is 5.97 Å². The zero-order chi connectivity index (χ0) is 28.7. The van der Waals surface area contributed by atoms with Gasteiger partial charge in [-0.05, 0) is 55.9 Å². The van der Waals surface area contributed by atoms with Crippen LogP contribution in [0.2, 0.25) is 10.0 Å². The molecule has 7 nitrogen and oxygen atoms in total. The summed E-state index contributed by atoms with van der Waals surface area (Å²) in [7, 11) is 0. The van der Waals surface area contributed by atoms with Crippen molar-refractivity contribution < 1.29 is 13.9 Å². The summed E-state index contributed by atoms with van der Waals surface area (Å²) in [5, 5.41) is 2.26. The average molecular weight is 623 g/mol. The number of thiazole rings is 1. The molecule has 0 saturated carbocycles. The predicted octanol–water partition coefficient (Wildman–Crippen LogP) is 6.40. The molecule has 0 saturated heterocycles. The van der Waals surface area contributed by atoms with Crippen molar-refractivity contribution in [2.75, 3.05) is 6.61 Å². The van der Waals surface area contributed by atoms with Crippen LogP contribution in [0, 0.1) is 0 Å². The van der Waals surface area contributed by atoms with Gasteiger partial charge in [-0.15, -0.1) is 0 Å². The van der Waals surface area contributed by atoms with E-state index in [4.69, 9.17) is 32.4 Å². The molecule has 0 bridgehead atoms. The van der Waals surface area contributed by atoms with Crippen LogP contribution in [0.3, 0.4) is 0 Å². The maximum absolute atomic E-state index is 13.9. The minimum Gasteiger partial charge on any atom is -0.463 e. The second-order valence-corrected chi connectivity index (χ2v) is 11.9. The van der Waals surface area contributed by atoms with Crippen LogP contribution in [0.4, 0.5) is 0 Å². The first-order valence-corrected chi connectivity index (χ1v) is 15.0. The number of ether oxygens (including phenoxy) is 1. The standard InChI is InChI=1S/C30H21Cl2N3O4S2/c1-3-38-29(37)24-16(2)34-30-35(27(24)19-9-5-10-20(31)25(19)32)28(36)22(41-30)15-18-12-13-23(39-18)40-21-11-4-7-17-8-6-14-33-26(17)21/h4-15,27H,3H2,1-2H3/b22-15-/t27-/m1/s1.